The van der Waals surface area contributed by atoms with Gasteiger partial charge < -0.3 is 9.47 Å². The molecule has 0 unspecified atom stereocenters. The van der Waals surface area contributed by atoms with Gasteiger partial charge in [0.25, 0.3) is 52.9 Å². The number of amides is 8. The van der Waals surface area contributed by atoms with E-state index in [4.69, 9.17) is 9.47 Å². The lowest BCUT2D eigenvalue weighted by Gasteiger charge is -2.38. The van der Waals surface area contributed by atoms with Crippen LogP contribution in [0.1, 0.15) is 94.0 Å². The Morgan fingerprint density at radius 2 is 0.696 bits per heavy atom. The van der Waals surface area contributed by atoms with Gasteiger partial charge in [-0.2, -0.15) is 26.3 Å². The Hall–Kier alpha value is -12.5. The summed E-state index contributed by atoms with van der Waals surface area (Å²) in [6.45, 7) is 0. The molecule has 0 saturated heterocycles. The number of nitro benzene ring substituents is 1. The van der Waals surface area contributed by atoms with E-state index in [9.17, 15) is 48.5 Å². The third-order valence-corrected chi connectivity index (χ3v) is 19.2. The molecule has 15 rings (SSSR count). The highest BCUT2D eigenvalue weighted by Gasteiger charge is 2.72. The number of nitrogens with zero attached hydrogens (tertiary/aromatic N) is 5. The quantitative estimate of drug-likeness (QED) is 0.0431. The van der Waals surface area contributed by atoms with E-state index >= 15 is 26.3 Å². The Morgan fingerprint density at radius 3 is 1.16 bits per heavy atom. The Morgan fingerprint density at radius 1 is 0.333 bits per heavy atom. The summed E-state index contributed by atoms with van der Waals surface area (Å²) >= 11 is 6.48. The van der Waals surface area contributed by atoms with Gasteiger partial charge in [0.05, 0.1) is 72.2 Å². The Labute approximate surface area is 588 Å². The number of imide groups is 4. The number of hydrogen-bond donors (Lipinski definition) is 0. The fraction of sp³-hybridized carbons (Fsp3) is 0.0390. The summed E-state index contributed by atoms with van der Waals surface area (Å²) in [5.74, 6) is -5.86. The van der Waals surface area contributed by atoms with Crippen molar-refractivity contribution in [1.82, 2.24) is 0 Å². The molecule has 0 saturated carbocycles. The lowest BCUT2D eigenvalue weighted by molar-refractivity contribution is -0.385. The maximum atomic E-state index is 15.4. The summed E-state index contributed by atoms with van der Waals surface area (Å²) in [7, 11) is 0. The Balaban J connectivity index is 0.616. The van der Waals surface area contributed by atoms with E-state index in [-0.39, 0.29) is 110 Å². The summed E-state index contributed by atoms with van der Waals surface area (Å²) in [4.78, 5) is 127. The van der Waals surface area contributed by atoms with Crippen molar-refractivity contribution in [3.8, 4) is 56.4 Å². The van der Waals surface area contributed by atoms with E-state index in [0.717, 1.165) is 61.6 Å². The topological polar surface area (TPSA) is 211 Å². The molecule has 4 aliphatic rings. The van der Waals surface area contributed by atoms with Gasteiger partial charge in [-0.25, -0.2) is 19.6 Å². The first-order chi connectivity index (χ1) is 48.8. The highest BCUT2D eigenvalue weighted by Crippen LogP contribution is 2.57. The fourth-order valence-electron chi connectivity index (χ4n) is 13.3. The Bertz CT molecular complexity index is 5490. The van der Waals surface area contributed by atoms with Crippen LogP contribution in [0.15, 0.2) is 246 Å². The first-order valence-electron chi connectivity index (χ1n) is 30.6. The number of nitro groups is 1. The van der Waals surface area contributed by atoms with E-state index in [1.807, 2.05) is 30.3 Å². The molecular formula is C77H39Br2F6N5O12. The summed E-state index contributed by atoms with van der Waals surface area (Å²) in [5, 5.41) is 11.5. The average Bonchev–Trinajstić information content (AvgIpc) is 1.32. The second-order valence-corrected chi connectivity index (χ2v) is 25.4. The van der Waals surface area contributed by atoms with Crippen LogP contribution in [-0.2, 0) is 5.41 Å². The highest BCUT2D eigenvalue weighted by molar-refractivity contribution is 9.11. The van der Waals surface area contributed by atoms with E-state index in [0.29, 0.717) is 46.6 Å². The van der Waals surface area contributed by atoms with E-state index < -0.39 is 81.1 Å². The van der Waals surface area contributed by atoms with Crippen molar-refractivity contribution in [2.24, 2.45) is 0 Å². The van der Waals surface area contributed by atoms with Crippen molar-refractivity contribution in [3.05, 3.63) is 311 Å². The number of non-ortho nitro benzene ring substituents is 1. The third kappa shape index (κ3) is 10.4. The number of rotatable bonds is 14. The molecule has 4 heterocycles. The summed E-state index contributed by atoms with van der Waals surface area (Å²) in [6, 6.07) is 53.4. The molecule has 0 aliphatic carbocycles. The number of carbonyl (C=O) groups is 8. The molecule has 102 heavy (non-hydrogen) atoms. The van der Waals surface area contributed by atoms with Crippen molar-refractivity contribution < 1.29 is 79.1 Å². The van der Waals surface area contributed by atoms with Gasteiger partial charge in [-0.1, -0.05) is 109 Å². The number of hydrogen-bond acceptors (Lipinski definition) is 12. The molecule has 0 spiro atoms. The molecule has 11 aromatic rings. The molecule has 4 aliphatic heterocycles. The first kappa shape index (κ1) is 65.5. The van der Waals surface area contributed by atoms with Crippen LogP contribution in [0.4, 0.5) is 54.8 Å². The van der Waals surface area contributed by atoms with E-state index in [1.54, 1.807) is 48.5 Å². The van der Waals surface area contributed by atoms with Crippen molar-refractivity contribution in [2.45, 2.75) is 17.8 Å². The number of halogens is 8. The zero-order valence-electron chi connectivity index (χ0n) is 51.7. The molecule has 8 amide bonds. The standard InChI is InChI=1S/C77H39Br2F6N5O12/c78-61-38-47(90(99)100)39-62(79)66(61)89-70(94)58-14-7-12-54(65(58)74(89)98)41-16-34-55-59(36-41)71(95)86(67(55)91)45-22-30-50(31-23-45)101-48-26-18-43(19-27-48)75(76(80,81)82,77(83,84)85)44-20-28-49(29-21-44)102-51-32-24-46(25-33-51)87-69(93)57-13-6-11-53(64(57)73(87)97)42-17-35-56-60(37-42)72(96)88(68(56)92)63-15-5-4-10-52(63)40-8-2-1-3-9-40/h1-39H. The monoisotopic (exact) mass is 1500 g/mol. The minimum atomic E-state index is -5.98. The molecule has 500 valence electrons. The normalized spacial score (nSPS) is 14.2. The molecule has 0 radical (unpaired) electrons. The summed E-state index contributed by atoms with van der Waals surface area (Å²) in [6.07, 6.45) is -12.0. The maximum Gasteiger partial charge on any atom is 0.411 e. The molecule has 0 bridgehead atoms. The number of fused-ring (bicyclic) bond motifs is 4. The SMILES string of the molecule is O=C1c2ccc(-c3cccc4c3C(=O)N(c3c(Br)cc([N+](=O)[O-])cc3Br)C4=O)cc2C(=O)N1c1ccc(Oc2ccc(C(c3ccc(Oc4ccc(N5C(=O)c6cccc(-c7ccc8c(c7)C(=O)N(c7ccccc7-c7ccccc7)C8=O)c6C5=O)cc4)cc3)(C(F)(F)F)C(F)(F)F)cc2)cc1. The van der Waals surface area contributed by atoms with Crippen molar-refractivity contribution in [3.63, 3.8) is 0 Å². The van der Waals surface area contributed by atoms with E-state index in [1.165, 1.54) is 97.1 Å². The van der Waals surface area contributed by atoms with Gasteiger partial charge in [-0.05, 0) is 186 Å². The highest BCUT2D eigenvalue weighted by atomic mass is 79.9. The van der Waals surface area contributed by atoms with Crippen LogP contribution in [-0.4, -0.2) is 64.5 Å². The lowest BCUT2D eigenvalue weighted by Crippen LogP contribution is -2.54. The molecule has 11 aromatic carbocycles. The number of para-hydroxylation sites is 1. The third-order valence-electron chi connectivity index (χ3n) is 18.0. The van der Waals surface area contributed by atoms with Gasteiger partial charge in [-0.15, -0.1) is 0 Å². The molecule has 0 atom stereocenters. The fourth-order valence-corrected chi connectivity index (χ4v) is 14.8. The van der Waals surface area contributed by atoms with Crippen LogP contribution in [0.3, 0.4) is 0 Å². The molecule has 17 nitrogen and oxygen atoms in total. The maximum absolute atomic E-state index is 15.4. The predicted molar refractivity (Wildman–Crippen MR) is 367 cm³/mol. The molecule has 0 aromatic heterocycles. The number of ether oxygens (including phenoxy) is 2. The van der Waals surface area contributed by atoms with Crippen LogP contribution in [0.2, 0.25) is 0 Å². The van der Waals surface area contributed by atoms with Gasteiger partial charge in [0.2, 0.25) is 5.41 Å². The van der Waals surface area contributed by atoms with Crippen LogP contribution < -0.4 is 29.1 Å². The van der Waals surface area contributed by atoms with Crippen molar-refractivity contribution in [1.29, 1.82) is 0 Å². The van der Waals surface area contributed by atoms with Gasteiger partial charge in [0.1, 0.15) is 23.0 Å². The van der Waals surface area contributed by atoms with Gasteiger partial charge in [0, 0.05) is 26.6 Å². The van der Waals surface area contributed by atoms with Gasteiger partial charge in [-0.3, -0.25) is 48.5 Å². The van der Waals surface area contributed by atoms with Crippen molar-refractivity contribution >= 4 is 108 Å². The molecule has 0 fully saturated rings. The van der Waals surface area contributed by atoms with Crippen LogP contribution >= 0.6 is 31.9 Å². The Kier molecular flexibility index (Phi) is 15.7. The van der Waals surface area contributed by atoms with Crippen LogP contribution in [0.5, 0.6) is 23.0 Å². The number of benzene rings is 11. The minimum absolute atomic E-state index is 0.00357. The molecule has 0 N–H and O–H groups in total. The number of anilines is 4. The largest absolute Gasteiger partial charge is 0.457 e. The number of carbonyl (C=O) groups excluding carboxylic acids is 8. The number of alkyl halides is 6. The van der Waals surface area contributed by atoms with Gasteiger partial charge >= 0.3 is 12.4 Å². The molecule has 25 heteroatoms. The van der Waals surface area contributed by atoms with Crippen LogP contribution in [0, 0.1) is 10.1 Å². The van der Waals surface area contributed by atoms with E-state index in [2.05, 4.69) is 31.9 Å². The first-order valence-corrected chi connectivity index (χ1v) is 32.2. The van der Waals surface area contributed by atoms with Crippen LogP contribution in [0.25, 0.3) is 33.4 Å². The average molecular weight is 1500 g/mol. The van der Waals surface area contributed by atoms with Crippen molar-refractivity contribution in [2.75, 3.05) is 19.6 Å². The predicted octanol–water partition coefficient (Wildman–Crippen LogP) is 18.3. The summed E-state index contributed by atoms with van der Waals surface area (Å²) < 4.78 is 104. The second kappa shape index (κ2) is 24.5. The zero-order valence-corrected chi connectivity index (χ0v) is 54.8. The zero-order chi connectivity index (χ0) is 71.6. The lowest BCUT2D eigenvalue weighted by atomic mass is 9.73. The summed E-state index contributed by atoms with van der Waals surface area (Å²) in [5.41, 5.74) is -3.92. The smallest absolute Gasteiger partial charge is 0.411 e. The second-order valence-electron chi connectivity index (χ2n) is 23.6. The van der Waals surface area contributed by atoms with Gasteiger partial charge in [0.15, 0.2) is 0 Å². The molecular weight excluding hydrogens is 1460 g/mol. The minimum Gasteiger partial charge on any atom is -0.457 e.